The molecule has 6 nitrogen and oxygen atoms in total. The van der Waals surface area contributed by atoms with Crippen molar-refractivity contribution in [1.29, 1.82) is 0 Å². The molecular weight excluding hydrogens is 388 g/mol. The van der Waals surface area contributed by atoms with E-state index in [-0.39, 0.29) is 11.9 Å². The van der Waals surface area contributed by atoms with Crippen molar-refractivity contribution < 1.29 is 9.59 Å². The number of aryl methyl sites for hydroxylation is 1. The second-order valence-corrected chi connectivity index (χ2v) is 8.64. The van der Waals surface area contributed by atoms with Gasteiger partial charge in [-0.3, -0.25) is 4.79 Å². The summed E-state index contributed by atoms with van der Waals surface area (Å²) >= 11 is 0. The maximum absolute atomic E-state index is 12.8. The predicted molar refractivity (Wildman–Crippen MR) is 126 cm³/mol. The van der Waals surface area contributed by atoms with Crippen LogP contribution < -0.4 is 15.5 Å². The molecule has 0 bridgehead atoms. The topological polar surface area (TPSA) is 64.7 Å². The second-order valence-electron chi connectivity index (χ2n) is 8.64. The molecule has 6 heteroatoms. The molecule has 3 amide bonds. The predicted octanol–water partition coefficient (Wildman–Crippen LogP) is 4.87. The molecule has 1 saturated heterocycles. The molecule has 0 radical (unpaired) electrons. The van der Waals surface area contributed by atoms with E-state index in [0.717, 1.165) is 61.6 Å². The van der Waals surface area contributed by atoms with Crippen LogP contribution in [0.15, 0.2) is 48.5 Å². The van der Waals surface area contributed by atoms with Crippen LogP contribution in [0.3, 0.4) is 0 Å². The van der Waals surface area contributed by atoms with Crippen molar-refractivity contribution >= 4 is 29.0 Å². The highest BCUT2D eigenvalue weighted by Gasteiger charge is 2.28. The highest BCUT2D eigenvalue weighted by Crippen LogP contribution is 2.26. The van der Waals surface area contributed by atoms with E-state index < -0.39 is 0 Å². The third-order valence-electron chi connectivity index (χ3n) is 6.35. The van der Waals surface area contributed by atoms with Crippen molar-refractivity contribution in [2.24, 2.45) is 5.92 Å². The van der Waals surface area contributed by atoms with Crippen LogP contribution >= 0.6 is 0 Å². The number of carbonyl (C=O) groups is 2. The van der Waals surface area contributed by atoms with Gasteiger partial charge in [-0.25, -0.2) is 4.79 Å². The molecule has 4 rings (SSSR count). The number of nitrogens with zero attached hydrogens (tertiary/aromatic N) is 2. The van der Waals surface area contributed by atoms with Crippen molar-refractivity contribution in [2.45, 2.75) is 39.0 Å². The van der Waals surface area contributed by atoms with E-state index in [9.17, 15) is 9.59 Å². The number of urea groups is 1. The lowest BCUT2D eigenvalue weighted by molar-refractivity contribution is -0.136. The minimum atomic E-state index is -0.258. The summed E-state index contributed by atoms with van der Waals surface area (Å²) in [6.07, 6.45) is 5.78. The summed E-state index contributed by atoms with van der Waals surface area (Å²) < 4.78 is 0. The van der Waals surface area contributed by atoms with Gasteiger partial charge in [0.25, 0.3) is 0 Å². The van der Waals surface area contributed by atoms with Crippen molar-refractivity contribution in [3.05, 3.63) is 54.1 Å². The van der Waals surface area contributed by atoms with Gasteiger partial charge in [0.05, 0.1) is 0 Å². The molecule has 2 N–H and O–H groups in total. The lowest BCUT2D eigenvalue weighted by atomic mass is 9.88. The van der Waals surface area contributed by atoms with Gasteiger partial charge < -0.3 is 20.4 Å². The Labute approximate surface area is 184 Å². The summed E-state index contributed by atoms with van der Waals surface area (Å²) in [4.78, 5) is 29.3. The fraction of sp³-hybridized carbons (Fsp3) is 0.440. The molecule has 0 atom stereocenters. The largest absolute Gasteiger partial charge is 0.368 e. The molecular formula is C25H32N4O2. The Kier molecular flexibility index (Phi) is 6.75. The number of hydrogen-bond acceptors (Lipinski definition) is 3. The van der Waals surface area contributed by atoms with Crippen molar-refractivity contribution in [3.8, 4) is 0 Å². The molecule has 2 aromatic carbocycles. The maximum Gasteiger partial charge on any atom is 0.323 e. The molecule has 0 unspecified atom stereocenters. The SMILES string of the molecule is Cc1ccc(NC(=O)Nc2ccc(N3CCN(C(=O)C4CCCCC4)CC3)cc2)cc1. The molecule has 2 fully saturated rings. The monoisotopic (exact) mass is 420 g/mol. The molecule has 2 aromatic rings. The normalized spacial score (nSPS) is 17.3. The van der Waals surface area contributed by atoms with Gasteiger partial charge in [-0.1, -0.05) is 37.0 Å². The Morgan fingerprint density at radius 2 is 1.32 bits per heavy atom. The van der Waals surface area contributed by atoms with Gasteiger partial charge in [-0.05, 0) is 56.2 Å². The minimum Gasteiger partial charge on any atom is -0.368 e. The highest BCUT2D eigenvalue weighted by molar-refractivity contribution is 5.99. The van der Waals surface area contributed by atoms with Gasteiger partial charge in [-0.2, -0.15) is 0 Å². The molecule has 1 heterocycles. The average molecular weight is 421 g/mol. The smallest absolute Gasteiger partial charge is 0.323 e. The second kappa shape index (κ2) is 9.86. The summed E-state index contributed by atoms with van der Waals surface area (Å²) in [5.74, 6) is 0.607. The number of carbonyl (C=O) groups excluding carboxylic acids is 2. The highest BCUT2D eigenvalue weighted by atomic mass is 16.2. The lowest BCUT2D eigenvalue weighted by Crippen LogP contribution is -2.50. The Hall–Kier alpha value is -3.02. The fourth-order valence-corrected chi connectivity index (χ4v) is 4.48. The summed E-state index contributed by atoms with van der Waals surface area (Å²) in [6, 6.07) is 15.3. The summed E-state index contributed by atoms with van der Waals surface area (Å²) in [6.45, 7) is 5.28. The first kappa shape index (κ1) is 21.2. The average Bonchev–Trinajstić information content (AvgIpc) is 2.81. The van der Waals surface area contributed by atoms with E-state index >= 15 is 0 Å². The Morgan fingerprint density at radius 3 is 1.90 bits per heavy atom. The number of amides is 3. The van der Waals surface area contributed by atoms with Crippen LogP contribution in [0.25, 0.3) is 0 Å². The Bertz CT molecular complexity index is 881. The van der Waals surface area contributed by atoms with Crippen molar-refractivity contribution in [2.75, 3.05) is 41.7 Å². The summed E-state index contributed by atoms with van der Waals surface area (Å²) in [5, 5.41) is 5.71. The Morgan fingerprint density at radius 1 is 0.774 bits per heavy atom. The van der Waals surface area contributed by atoms with Crippen molar-refractivity contribution in [3.63, 3.8) is 0 Å². The molecule has 1 saturated carbocycles. The zero-order valence-corrected chi connectivity index (χ0v) is 18.3. The van der Waals surface area contributed by atoms with E-state index in [1.165, 1.54) is 19.3 Å². The number of hydrogen-bond donors (Lipinski definition) is 2. The maximum atomic E-state index is 12.8. The van der Waals surface area contributed by atoms with Crippen LogP contribution in [0.4, 0.5) is 21.9 Å². The molecule has 1 aliphatic carbocycles. The van der Waals surface area contributed by atoms with Gasteiger partial charge in [-0.15, -0.1) is 0 Å². The van der Waals surface area contributed by atoms with Crippen LogP contribution in [-0.2, 0) is 4.79 Å². The van der Waals surface area contributed by atoms with Crippen LogP contribution in [-0.4, -0.2) is 43.0 Å². The molecule has 2 aliphatic rings. The van der Waals surface area contributed by atoms with Gasteiger partial charge in [0.1, 0.15) is 0 Å². The van der Waals surface area contributed by atoms with E-state index in [0.29, 0.717) is 5.91 Å². The van der Waals surface area contributed by atoms with Crippen molar-refractivity contribution in [1.82, 2.24) is 4.90 Å². The molecule has 0 spiro atoms. The standard InChI is InChI=1S/C25H32N4O2/c1-19-7-9-21(10-8-19)26-25(31)27-22-11-13-23(14-12-22)28-15-17-29(18-16-28)24(30)20-5-3-2-4-6-20/h7-14,20H,2-6,15-18H2,1H3,(H2,26,27,31). The third kappa shape index (κ3) is 5.57. The van der Waals surface area contributed by atoms with Gasteiger partial charge >= 0.3 is 6.03 Å². The van der Waals surface area contributed by atoms with Crippen LogP contribution in [0, 0.1) is 12.8 Å². The van der Waals surface area contributed by atoms with Gasteiger partial charge in [0, 0.05) is 49.2 Å². The van der Waals surface area contributed by atoms with E-state index in [2.05, 4.69) is 20.4 Å². The molecule has 164 valence electrons. The molecule has 0 aromatic heterocycles. The third-order valence-corrected chi connectivity index (χ3v) is 6.35. The number of benzene rings is 2. The fourth-order valence-electron chi connectivity index (χ4n) is 4.48. The number of piperazine rings is 1. The van der Waals surface area contributed by atoms with E-state index in [1.807, 2.05) is 55.5 Å². The van der Waals surface area contributed by atoms with Gasteiger partial charge in [0.15, 0.2) is 0 Å². The van der Waals surface area contributed by atoms with Crippen LogP contribution in [0.1, 0.15) is 37.7 Å². The number of rotatable bonds is 4. The van der Waals surface area contributed by atoms with Crippen LogP contribution in [0.5, 0.6) is 0 Å². The lowest BCUT2D eigenvalue weighted by Gasteiger charge is -2.38. The van der Waals surface area contributed by atoms with Gasteiger partial charge in [0.2, 0.25) is 5.91 Å². The first-order valence-electron chi connectivity index (χ1n) is 11.4. The zero-order valence-electron chi connectivity index (χ0n) is 18.3. The van der Waals surface area contributed by atoms with Crippen LogP contribution in [0.2, 0.25) is 0 Å². The zero-order chi connectivity index (χ0) is 21.6. The van der Waals surface area contributed by atoms with E-state index in [1.54, 1.807) is 0 Å². The first-order valence-corrected chi connectivity index (χ1v) is 11.4. The number of nitrogens with one attached hydrogen (secondary N) is 2. The molecule has 1 aliphatic heterocycles. The summed E-state index contributed by atoms with van der Waals surface area (Å²) in [5.41, 5.74) is 3.79. The molecule has 31 heavy (non-hydrogen) atoms. The van der Waals surface area contributed by atoms with E-state index in [4.69, 9.17) is 0 Å². The Balaban J connectivity index is 1.26. The first-order chi connectivity index (χ1) is 15.1. The number of anilines is 3. The quantitative estimate of drug-likeness (QED) is 0.742. The summed E-state index contributed by atoms with van der Waals surface area (Å²) in [7, 11) is 0. The minimum absolute atomic E-state index is 0.247.